The van der Waals surface area contributed by atoms with Crippen molar-refractivity contribution in [2.75, 3.05) is 6.61 Å². The highest BCUT2D eigenvalue weighted by Gasteiger charge is 1.90. The summed E-state index contributed by atoms with van der Waals surface area (Å²) in [6.07, 6.45) is 6.10. The lowest BCUT2D eigenvalue weighted by Gasteiger charge is -1.88. The molecule has 64 valence electrons. The van der Waals surface area contributed by atoms with Crippen molar-refractivity contribution in [3.63, 3.8) is 0 Å². The van der Waals surface area contributed by atoms with Gasteiger partial charge in [-0.05, 0) is 19.3 Å². The summed E-state index contributed by atoms with van der Waals surface area (Å²) in [6, 6.07) is 0. The van der Waals surface area contributed by atoms with Gasteiger partial charge in [0.2, 0.25) is 0 Å². The number of carbonyl (C=O) groups is 1. The molecular formula is C8H14O3. The maximum absolute atomic E-state index is 10.0. The largest absolute Gasteiger partial charge is 0.481 e. The second kappa shape index (κ2) is 7.28. The smallest absolute Gasteiger partial charge is 0.303 e. The van der Waals surface area contributed by atoms with E-state index in [9.17, 15) is 4.79 Å². The monoisotopic (exact) mass is 158 g/mol. The van der Waals surface area contributed by atoms with E-state index < -0.39 is 5.97 Å². The zero-order valence-electron chi connectivity index (χ0n) is 6.49. The van der Waals surface area contributed by atoms with Crippen LogP contribution in [0.25, 0.3) is 0 Å². The quantitative estimate of drug-likeness (QED) is 0.450. The Morgan fingerprint density at radius 1 is 1.27 bits per heavy atom. The van der Waals surface area contributed by atoms with Crippen LogP contribution >= 0.6 is 0 Å². The van der Waals surface area contributed by atoms with Gasteiger partial charge in [0.25, 0.3) is 0 Å². The Morgan fingerprint density at radius 3 is 2.45 bits per heavy atom. The van der Waals surface area contributed by atoms with Crippen LogP contribution in [0.4, 0.5) is 0 Å². The topological polar surface area (TPSA) is 57.5 Å². The molecule has 0 rings (SSSR count). The van der Waals surface area contributed by atoms with Crippen molar-refractivity contribution in [1.82, 2.24) is 0 Å². The van der Waals surface area contributed by atoms with E-state index in [-0.39, 0.29) is 13.0 Å². The number of carboxylic acid groups (broad SMARTS) is 1. The average Bonchev–Trinajstić information content (AvgIpc) is 1.96. The third kappa shape index (κ3) is 9.17. The van der Waals surface area contributed by atoms with Crippen LogP contribution < -0.4 is 0 Å². The van der Waals surface area contributed by atoms with Crippen molar-refractivity contribution < 1.29 is 15.0 Å². The Hall–Kier alpha value is -0.830. The van der Waals surface area contributed by atoms with Crippen molar-refractivity contribution in [3.8, 4) is 0 Å². The highest BCUT2D eigenvalue weighted by molar-refractivity contribution is 5.66. The first-order chi connectivity index (χ1) is 5.27. The molecule has 3 nitrogen and oxygen atoms in total. The van der Waals surface area contributed by atoms with Gasteiger partial charge in [-0.3, -0.25) is 4.79 Å². The minimum Gasteiger partial charge on any atom is -0.481 e. The van der Waals surface area contributed by atoms with Crippen molar-refractivity contribution in [2.45, 2.75) is 25.7 Å². The van der Waals surface area contributed by atoms with E-state index in [1.165, 1.54) is 0 Å². The first-order valence-corrected chi connectivity index (χ1v) is 3.75. The van der Waals surface area contributed by atoms with Crippen LogP contribution in [-0.4, -0.2) is 22.8 Å². The van der Waals surface area contributed by atoms with Gasteiger partial charge >= 0.3 is 5.97 Å². The SMILES string of the molecule is O=C(O)CCC=CCCCO. The lowest BCUT2D eigenvalue weighted by molar-refractivity contribution is -0.136. The maximum Gasteiger partial charge on any atom is 0.303 e. The predicted octanol–water partition coefficient (Wildman–Crippen LogP) is 1.18. The molecule has 0 bridgehead atoms. The Labute approximate surface area is 66.4 Å². The van der Waals surface area contributed by atoms with Crippen LogP contribution in [0.1, 0.15) is 25.7 Å². The van der Waals surface area contributed by atoms with Crippen molar-refractivity contribution in [1.29, 1.82) is 0 Å². The lowest BCUT2D eigenvalue weighted by atomic mass is 10.2. The second-order valence-electron chi connectivity index (χ2n) is 2.27. The summed E-state index contributed by atoms with van der Waals surface area (Å²) in [6.45, 7) is 0.198. The Kier molecular flexibility index (Phi) is 6.73. The van der Waals surface area contributed by atoms with Gasteiger partial charge in [-0.2, -0.15) is 0 Å². The minimum atomic E-state index is -0.767. The highest BCUT2D eigenvalue weighted by atomic mass is 16.4. The molecule has 0 aromatic carbocycles. The summed E-state index contributed by atoms with van der Waals surface area (Å²) < 4.78 is 0. The van der Waals surface area contributed by atoms with E-state index in [1.807, 2.05) is 12.2 Å². The molecule has 0 aliphatic heterocycles. The van der Waals surface area contributed by atoms with Crippen LogP contribution in [-0.2, 0) is 4.79 Å². The number of carboxylic acids is 1. The summed E-state index contributed by atoms with van der Waals surface area (Å²) in [5.74, 6) is -0.767. The van der Waals surface area contributed by atoms with E-state index in [1.54, 1.807) is 0 Å². The number of hydrogen-bond acceptors (Lipinski definition) is 2. The molecule has 0 radical (unpaired) electrons. The number of rotatable bonds is 6. The summed E-state index contributed by atoms with van der Waals surface area (Å²) in [4.78, 5) is 10.0. The van der Waals surface area contributed by atoms with Gasteiger partial charge in [-0.15, -0.1) is 0 Å². The van der Waals surface area contributed by atoms with Crippen LogP contribution in [0, 0.1) is 0 Å². The molecule has 0 heterocycles. The molecule has 0 saturated heterocycles. The van der Waals surface area contributed by atoms with Crippen LogP contribution in [0.15, 0.2) is 12.2 Å². The first kappa shape index (κ1) is 10.2. The molecule has 0 aliphatic rings. The molecule has 0 amide bonds. The first-order valence-electron chi connectivity index (χ1n) is 3.75. The van der Waals surface area contributed by atoms with Gasteiger partial charge in [-0.1, -0.05) is 12.2 Å². The van der Waals surface area contributed by atoms with Gasteiger partial charge in [0.1, 0.15) is 0 Å². The van der Waals surface area contributed by atoms with Gasteiger partial charge in [0.15, 0.2) is 0 Å². The standard InChI is InChI=1S/C8H14O3/c9-7-5-3-1-2-4-6-8(10)11/h1-2,9H,3-7H2,(H,10,11). The third-order valence-corrected chi connectivity index (χ3v) is 1.22. The molecule has 0 aliphatic carbocycles. The molecule has 3 heteroatoms. The number of allylic oxidation sites excluding steroid dienone is 2. The van der Waals surface area contributed by atoms with Crippen LogP contribution in [0.2, 0.25) is 0 Å². The zero-order chi connectivity index (χ0) is 8.53. The summed E-state index contributed by atoms with van der Waals surface area (Å²) >= 11 is 0. The fourth-order valence-corrected chi connectivity index (χ4v) is 0.652. The maximum atomic E-state index is 10.0. The molecule has 0 aromatic rings. The third-order valence-electron chi connectivity index (χ3n) is 1.22. The summed E-state index contributed by atoms with van der Waals surface area (Å²) in [7, 11) is 0. The van der Waals surface area contributed by atoms with Crippen molar-refractivity contribution in [3.05, 3.63) is 12.2 Å². The zero-order valence-corrected chi connectivity index (χ0v) is 6.49. The highest BCUT2D eigenvalue weighted by Crippen LogP contribution is 1.94. The molecule has 0 saturated carbocycles. The summed E-state index contributed by atoms with van der Waals surface area (Å²) in [5.41, 5.74) is 0. The number of unbranched alkanes of at least 4 members (excludes halogenated alkanes) is 1. The van der Waals surface area contributed by atoms with Crippen molar-refractivity contribution in [2.24, 2.45) is 0 Å². The van der Waals surface area contributed by atoms with Gasteiger partial charge in [-0.25, -0.2) is 0 Å². The number of hydrogen-bond donors (Lipinski definition) is 2. The Balaban J connectivity index is 3.10. The lowest BCUT2D eigenvalue weighted by Crippen LogP contribution is -1.91. The molecule has 0 fully saturated rings. The fourth-order valence-electron chi connectivity index (χ4n) is 0.652. The Morgan fingerprint density at radius 2 is 1.91 bits per heavy atom. The van der Waals surface area contributed by atoms with Crippen LogP contribution in [0.5, 0.6) is 0 Å². The molecule has 0 aromatic heterocycles. The van der Waals surface area contributed by atoms with E-state index in [0.29, 0.717) is 6.42 Å². The Bertz CT molecular complexity index is 129. The molecule has 2 N–H and O–H groups in total. The molecule has 0 atom stereocenters. The average molecular weight is 158 g/mol. The molecule has 0 spiro atoms. The summed E-state index contributed by atoms with van der Waals surface area (Å²) in [5, 5.41) is 16.6. The van der Waals surface area contributed by atoms with E-state index in [2.05, 4.69) is 0 Å². The van der Waals surface area contributed by atoms with E-state index in [4.69, 9.17) is 10.2 Å². The molecule has 0 unspecified atom stereocenters. The van der Waals surface area contributed by atoms with Crippen LogP contribution in [0.3, 0.4) is 0 Å². The minimum absolute atomic E-state index is 0.190. The van der Waals surface area contributed by atoms with E-state index >= 15 is 0 Å². The van der Waals surface area contributed by atoms with E-state index in [0.717, 1.165) is 12.8 Å². The van der Waals surface area contributed by atoms with Gasteiger partial charge < -0.3 is 10.2 Å². The molecular weight excluding hydrogens is 144 g/mol. The normalized spacial score (nSPS) is 10.6. The van der Waals surface area contributed by atoms with Gasteiger partial charge in [0, 0.05) is 13.0 Å². The predicted molar refractivity (Wildman–Crippen MR) is 42.3 cm³/mol. The van der Waals surface area contributed by atoms with Crippen molar-refractivity contribution >= 4 is 5.97 Å². The second-order valence-corrected chi connectivity index (χ2v) is 2.27. The number of aliphatic hydroxyl groups is 1. The fraction of sp³-hybridized carbons (Fsp3) is 0.625. The number of aliphatic carboxylic acids is 1. The van der Waals surface area contributed by atoms with Gasteiger partial charge in [0.05, 0.1) is 0 Å². The number of aliphatic hydroxyl groups excluding tert-OH is 1. The molecule has 11 heavy (non-hydrogen) atoms.